The quantitative estimate of drug-likeness (QED) is 0.722. The van der Waals surface area contributed by atoms with Crippen LogP contribution in [0.5, 0.6) is 0 Å². The van der Waals surface area contributed by atoms with E-state index in [4.69, 9.17) is 0 Å². The van der Waals surface area contributed by atoms with Gasteiger partial charge in [0.25, 0.3) is 0 Å². The fraction of sp³-hybridized carbons (Fsp3) is 0.333. The number of fused-ring (bicyclic) bond motifs is 1. The molecule has 19 heavy (non-hydrogen) atoms. The highest BCUT2D eigenvalue weighted by Gasteiger charge is 2.11. The van der Waals surface area contributed by atoms with Crippen molar-refractivity contribution in [1.82, 2.24) is 14.5 Å². The van der Waals surface area contributed by atoms with E-state index in [1.54, 1.807) is 0 Å². The third kappa shape index (κ3) is 2.40. The first kappa shape index (κ1) is 12.4. The third-order valence-electron chi connectivity index (χ3n) is 3.22. The second kappa shape index (κ2) is 5.13. The van der Waals surface area contributed by atoms with E-state index in [1.807, 2.05) is 24.5 Å². The van der Waals surface area contributed by atoms with Gasteiger partial charge in [-0.15, -0.1) is 11.3 Å². The third-order valence-corrected chi connectivity index (χ3v) is 4.10. The van der Waals surface area contributed by atoms with Crippen LogP contribution in [-0.2, 0) is 13.0 Å². The lowest BCUT2D eigenvalue weighted by atomic mass is 10.2. The molecule has 3 rings (SSSR count). The van der Waals surface area contributed by atoms with E-state index in [-0.39, 0.29) is 0 Å². The second-order valence-corrected chi connectivity index (χ2v) is 5.77. The largest absolute Gasteiger partial charge is 0.329 e. The van der Waals surface area contributed by atoms with Crippen molar-refractivity contribution in [2.75, 3.05) is 0 Å². The van der Waals surface area contributed by atoms with Gasteiger partial charge in [-0.25, -0.2) is 9.97 Å². The Bertz CT molecular complexity index is 683. The first-order valence-electron chi connectivity index (χ1n) is 6.62. The normalized spacial score (nSPS) is 11.3. The van der Waals surface area contributed by atoms with Gasteiger partial charge >= 0.3 is 0 Å². The molecule has 3 aromatic rings. The molecule has 0 N–H and O–H groups in total. The minimum absolute atomic E-state index is 0.839. The van der Waals surface area contributed by atoms with Crippen molar-refractivity contribution < 1.29 is 0 Å². The van der Waals surface area contributed by atoms with Gasteiger partial charge in [-0.2, -0.15) is 0 Å². The van der Waals surface area contributed by atoms with Gasteiger partial charge in [-0.05, 0) is 30.9 Å². The number of hydrogen-bond donors (Lipinski definition) is 0. The molecular formula is C15H17N3S. The molecule has 0 bridgehead atoms. The van der Waals surface area contributed by atoms with E-state index >= 15 is 0 Å². The Morgan fingerprint density at radius 3 is 3.00 bits per heavy atom. The minimum Gasteiger partial charge on any atom is -0.329 e. The van der Waals surface area contributed by atoms with Gasteiger partial charge in [0.2, 0.25) is 0 Å². The van der Waals surface area contributed by atoms with Crippen molar-refractivity contribution >= 4 is 22.4 Å². The van der Waals surface area contributed by atoms with Gasteiger partial charge < -0.3 is 4.57 Å². The van der Waals surface area contributed by atoms with Crippen LogP contribution in [0.3, 0.4) is 0 Å². The summed E-state index contributed by atoms with van der Waals surface area (Å²) in [6.45, 7) is 5.16. The smallest absolute Gasteiger partial charge is 0.143 e. The Morgan fingerprint density at radius 2 is 2.26 bits per heavy atom. The molecule has 3 aromatic heterocycles. The maximum absolute atomic E-state index is 4.60. The Labute approximate surface area is 116 Å². The lowest BCUT2D eigenvalue weighted by molar-refractivity contribution is 0.670. The van der Waals surface area contributed by atoms with Gasteiger partial charge in [0.1, 0.15) is 11.5 Å². The number of rotatable bonds is 4. The molecule has 0 saturated carbocycles. The summed E-state index contributed by atoms with van der Waals surface area (Å²) in [6.07, 6.45) is 4.03. The predicted octanol–water partition coefficient (Wildman–Crippen LogP) is 3.80. The highest BCUT2D eigenvalue weighted by molar-refractivity contribution is 7.09. The molecule has 0 aliphatic rings. The van der Waals surface area contributed by atoms with Gasteiger partial charge in [0.05, 0.1) is 0 Å². The van der Waals surface area contributed by atoms with Crippen LogP contribution in [-0.4, -0.2) is 14.5 Å². The standard InChI is InChI=1S/C15H17N3S/c1-3-6-18-13(9-14-5-4-7-19-14)8-12-10-16-11(2)17-15(12)18/h4-5,7-8,10H,3,6,9H2,1-2H3. The summed E-state index contributed by atoms with van der Waals surface area (Å²) in [5.41, 5.74) is 2.40. The number of nitrogens with zero attached hydrogens (tertiary/aromatic N) is 3. The molecular weight excluding hydrogens is 254 g/mol. The molecule has 4 heteroatoms. The van der Waals surface area contributed by atoms with Crippen LogP contribution in [0.4, 0.5) is 0 Å². The van der Waals surface area contributed by atoms with Crippen molar-refractivity contribution in [3.8, 4) is 0 Å². The molecule has 0 aliphatic carbocycles. The summed E-state index contributed by atoms with van der Waals surface area (Å²) in [5.74, 6) is 0.839. The SMILES string of the molecule is CCCn1c(Cc2cccs2)cc2cnc(C)nc21. The Hall–Kier alpha value is -1.68. The van der Waals surface area contributed by atoms with Crippen LogP contribution in [0.1, 0.15) is 29.7 Å². The van der Waals surface area contributed by atoms with Crippen LogP contribution in [0.25, 0.3) is 11.0 Å². The monoisotopic (exact) mass is 271 g/mol. The molecule has 98 valence electrons. The molecule has 3 nitrogen and oxygen atoms in total. The average molecular weight is 271 g/mol. The lowest BCUT2D eigenvalue weighted by Crippen LogP contribution is -2.04. The molecule has 0 unspecified atom stereocenters. The Kier molecular flexibility index (Phi) is 3.34. The van der Waals surface area contributed by atoms with E-state index in [2.05, 4.69) is 45.0 Å². The summed E-state index contributed by atoms with van der Waals surface area (Å²) in [6, 6.07) is 6.52. The van der Waals surface area contributed by atoms with E-state index in [0.29, 0.717) is 0 Å². The van der Waals surface area contributed by atoms with Crippen molar-refractivity contribution in [2.24, 2.45) is 0 Å². The molecule has 0 aromatic carbocycles. The average Bonchev–Trinajstić information content (AvgIpc) is 3.00. The number of aryl methyl sites for hydroxylation is 2. The summed E-state index contributed by atoms with van der Waals surface area (Å²) >= 11 is 1.81. The van der Waals surface area contributed by atoms with Crippen LogP contribution in [0.2, 0.25) is 0 Å². The van der Waals surface area contributed by atoms with Crippen molar-refractivity contribution in [3.05, 3.63) is 46.2 Å². The highest BCUT2D eigenvalue weighted by atomic mass is 32.1. The molecule has 0 amide bonds. The lowest BCUT2D eigenvalue weighted by Gasteiger charge is -2.08. The summed E-state index contributed by atoms with van der Waals surface area (Å²) in [4.78, 5) is 10.3. The molecule has 0 spiro atoms. The van der Waals surface area contributed by atoms with Gasteiger partial charge in [0.15, 0.2) is 0 Å². The molecule has 3 heterocycles. The Morgan fingerprint density at radius 1 is 1.37 bits per heavy atom. The first-order chi connectivity index (χ1) is 9.28. The predicted molar refractivity (Wildman–Crippen MR) is 79.7 cm³/mol. The zero-order valence-corrected chi connectivity index (χ0v) is 12.1. The summed E-state index contributed by atoms with van der Waals surface area (Å²) in [5, 5.41) is 3.28. The zero-order chi connectivity index (χ0) is 13.2. The van der Waals surface area contributed by atoms with E-state index in [0.717, 1.165) is 36.2 Å². The number of hydrogen-bond acceptors (Lipinski definition) is 3. The molecule has 0 saturated heterocycles. The van der Waals surface area contributed by atoms with Gasteiger partial charge in [0, 0.05) is 35.1 Å². The van der Waals surface area contributed by atoms with E-state index < -0.39 is 0 Å². The summed E-state index contributed by atoms with van der Waals surface area (Å²) < 4.78 is 2.34. The minimum atomic E-state index is 0.839. The van der Waals surface area contributed by atoms with Crippen LogP contribution >= 0.6 is 11.3 Å². The Balaban J connectivity index is 2.09. The van der Waals surface area contributed by atoms with Gasteiger partial charge in [-0.1, -0.05) is 13.0 Å². The maximum atomic E-state index is 4.60. The fourth-order valence-corrected chi connectivity index (χ4v) is 3.11. The van der Waals surface area contributed by atoms with E-state index in [9.17, 15) is 0 Å². The van der Waals surface area contributed by atoms with Crippen LogP contribution in [0.15, 0.2) is 29.8 Å². The van der Waals surface area contributed by atoms with Crippen LogP contribution < -0.4 is 0 Å². The second-order valence-electron chi connectivity index (χ2n) is 4.74. The van der Waals surface area contributed by atoms with Gasteiger partial charge in [-0.3, -0.25) is 0 Å². The van der Waals surface area contributed by atoms with Crippen molar-refractivity contribution in [1.29, 1.82) is 0 Å². The van der Waals surface area contributed by atoms with Crippen molar-refractivity contribution in [2.45, 2.75) is 33.2 Å². The summed E-state index contributed by atoms with van der Waals surface area (Å²) in [7, 11) is 0. The molecule has 0 radical (unpaired) electrons. The zero-order valence-electron chi connectivity index (χ0n) is 11.3. The van der Waals surface area contributed by atoms with Crippen LogP contribution in [0, 0.1) is 6.92 Å². The maximum Gasteiger partial charge on any atom is 0.143 e. The number of aromatic nitrogens is 3. The topological polar surface area (TPSA) is 30.7 Å². The molecule has 0 aliphatic heterocycles. The highest BCUT2D eigenvalue weighted by Crippen LogP contribution is 2.22. The fourth-order valence-electron chi connectivity index (χ4n) is 2.39. The molecule has 0 fully saturated rings. The van der Waals surface area contributed by atoms with Crippen molar-refractivity contribution in [3.63, 3.8) is 0 Å². The van der Waals surface area contributed by atoms with E-state index in [1.165, 1.54) is 10.6 Å². The number of thiophene rings is 1. The molecule has 0 atom stereocenters. The first-order valence-corrected chi connectivity index (χ1v) is 7.50.